The van der Waals surface area contributed by atoms with Gasteiger partial charge in [-0.1, -0.05) is 24.3 Å². The van der Waals surface area contributed by atoms with E-state index in [2.05, 4.69) is 56.9 Å². The summed E-state index contributed by atoms with van der Waals surface area (Å²) in [6.45, 7) is 7.06. The van der Waals surface area contributed by atoms with Crippen LogP contribution in [0.3, 0.4) is 0 Å². The summed E-state index contributed by atoms with van der Waals surface area (Å²) in [7, 11) is 2.05. The summed E-state index contributed by atoms with van der Waals surface area (Å²) in [5.41, 5.74) is 3.52. The molecule has 3 rings (SSSR count). The minimum atomic E-state index is 0.625. The molecule has 0 saturated carbocycles. The van der Waals surface area contributed by atoms with Crippen LogP contribution in [0.1, 0.15) is 28.8 Å². The number of aromatic nitrogens is 3. The first-order chi connectivity index (χ1) is 13.2. The number of benzene rings is 1. The van der Waals surface area contributed by atoms with Crippen LogP contribution in [0.2, 0.25) is 0 Å². The molecule has 0 atom stereocenters. The maximum atomic E-state index is 4.85. The van der Waals surface area contributed by atoms with Crippen molar-refractivity contribution in [3.8, 4) is 0 Å². The molecule has 27 heavy (non-hydrogen) atoms. The zero-order valence-electron chi connectivity index (χ0n) is 16.1. The highest BCUT2D eigenvalue weighted by Gasteiger charge is 2.09. The zero-order valence-corrected chi connectivity index (χ0v) is 16.9. The molecule has 0 amide bonds. The van der Waals surface area contributed by atoms with Gasteiger partial charge < -0.3 is 10.2 Å². The van der Waals surface area contributed by atoms with Gasteiger partial charge in [0.05, 0.1) is 30.3 Å². The zero-order chi connectivity index (χ0) is 19.1. The van der Waals surface area contributed by atoms with E-state index < -0.39 is 0 Å². The van der Waals surface area contributed by atoms with Crippen molar-refractivity contribution in [2.45, 2.75) is 33.5 Å². The van der Waals surface area contributed by atoms with Gasteiger partial charge in [-0.05, 0) is 31.0 Å². The molecule has 0 unspecified atom stereocenters. The van der Waals surface area contributed by atoms with Crippen molar-refractivity contribution < 1.29 is 0 Å². The number of rotatable bonds is 7. The Kier molecular flexibility index (Phi) is 6.59. The Hall–Kier alpha value is -2.67. The number of nitrogens with zero attached hydrogens (tertiary/aromatic N) is 5. The van der Waals surface area contributed by atoms with Gasteiger partial charge in [0.1, 0.15) is 0 Å². The van der Waals surface area contributed by atoms with Crippen LogP contribution in [0.5, 0.6) is 0 Å². The molecule has 6 nitrogen and oxygen atoms in total. The van der Waals surface area contributed by atoms with Gasteiger partial charge in [0.15, 0.2) is 5.96 Å². The van der Waals surface area contributed by atoms with Gasteiger partial charge in [-0.25, -0.2) is 9.98 Å². The molecule has 0 aliphatic heterocycles. The third-order valence-electron chi connectivity index (χ3n) is 4.17. The Bertz CT molecular complexity index is 868. The molecule has 0 fully saturated rings. The largest absolute Gasteiger partial charge is 0.357 e. The van der Waals surface area contributed by atoms with Crippen LogP contribution in [0.25, 0.3) is 0 Å². The number of aryl methyl sites for hydroxylation is 1. The van der Waals surface area contributed by atoms with Gasteiger partial charge in [0.25, 0.3) is 0 Å². The molecule has 0 bridgehead atoms. The SMILES string of the molecule is CCNC(=NCc1ccccc1Cn1cccn1)N(C)Cc1csc(C)n1. The highest BCUT2D eigenvalue weighted by Crippen LogP contribution is 2.13. The third-order valence-corrected chi connectivity index (χ3v) is 4.99. The molecule has 7 heteroatoms. The van der Waals surface area contributed by atoms with Crippen molar-refractivity contribution in [3.63, 3.8) is 0 Å². The molecular formula is C20H26N6S. The Labute approximate surface area is 164 Å². The van der Waals surface area contributed by atoms with Crippen LogP contribution in [0, 0.1) is 6.92 Å². The number of aliphatic imine (C=N–C) groups is 1. The minimum absolute atomic E-state index is 0.625. The summed E-state index contributed by atoms with van der Waals surface area (Å²) in [4.78, 5) is 11.5. The normalized spacial score (nSPS) is 11.6. The number of thiazole rings is 1. The first-order valence-electron chi connectivity index (χ1n) is 9.10. The van der Waals surface area contributed by atoms with Gasteiger partial charge in [-0.3, -0.25) is 4.68 Å². The second kappa shape index (κ2) is 9.32. The second-order valence-electron chi connectivity index (χ2n) is 6.36. The first kappa shape index (κ1) is 19.1. The van der Waals surface area contributed by atoms with Crippen LogP contribution in [-0.4, -0.2) is 39.2 Å². The number of hydrogen-bond donors (Lipinski definition) is 1. The van der Waals surface area contributed by atoms with Crippen LogP contribution in [0.4, 0.5) is 0 Å². The summed E-state index contributed by atoms with van der Waals surface area (Å²) in [5, 5.41) is 10.9. The van der Waals surface area contributed by atoms with Crippen molar-refractivity contribution in [1.29, 1.82) is 0 Å². The first-order valence-corrected chi connectivity index (χ1v) is 9.98. The van der Waals surface area contributed by atoms with E-state index in [1.165, 1.54) is 11.1 Å². The van der Waals surface area contributed by atoms with Crippen molar-refractivity contribution in [2.24, 2.45) is 4.99 Å². The lowest BCUT2D eigenvalue weighted by molar-refractivity contribution is 0.470. The van der Waals surface area contributed by atoms with E-state index in [0.29, 0.717) is 6.54 Å². The number of guanidine groups is 1. The Balaban J connectivity index is 1.73. The van der Waals surface area contributed by atoms with Crippen molar-refractivity contribution in [3.05, 3.63) is 69.9 Å². The Morgan fingerprint density at radius 2 is 2.07 bits per heavy atom. The third kappa shape index (κ3) is 5.40. The summed E-state index contributed by atoms with van der Waals surface area (Å²) in [6.07, 6.45) is 3.78. The summed E-state index contributed by atoms with van der Waals surface area (Å²) >= 11 is 1.68. The fourth-order valence-electron chi connectivity index (χ4n) is 2.86. The van der Waals surface area contributed by atoms with Crippen LogP contribution in [0.15, 0.2) is 53.1 Å². The van der Waals surface area contributed by atoms with Crippen molar-refractivity contribution in [2.75, 3.05) is 13.6 Å². The lowest BCUT2D eigenvalue weighted by Gasteiger charge is -2.21. The topological polar surface area (TPSA) is 58.3 Å². The molecule has 0 saturated heterocycles. The lowest BCUT2D eigenvalue weighted by Crippen LogP contribution is -2.38. The molecule has 0 spiro atoms. The average Bonchev–Trinajstić information content (AvgIpc) is 3.31. The monoisotopic (exact) mass is 382 g/mol. The van der Waals surface area contributed by atoms with E-state index in [0.717, 1.165) is 36.3 Å². The van der Waals surface area contributed by atoms with Crippen LogP contribution >= 0.6 is 11.3 Å². The minimum Gasteiger partial charge on any atom is -0.357 e. The maximum absolute atomic E-state index is 4.85. The lowest BCUT2D eigenvalue weighted by atomic mass is 10.1. The maximum Gasteiger partial charge on any atom is 0.194 e. The van der Waals surface area contributed by atoms with Crippen molar-refractivity contribution in [1.82, 2.24) is 25.0 Å². The second-order valence-corrected chi connectivity index (χ2v) is 7.42. The van der Waals surface area contributed by atoms with Gasteiger partial charge in [-0.2, -0.15) is 5.10 Å². The molecular weight excluding hydrogens is 356 g/mol. The van der Waals surface area contributed by atoms with Crippen LogP contribution in [-0.2, 0) is 19.6 Å². The fraction of sp³-hybridized carbons (Fsp3) is 0.350. The fourth-order valence-corrected chi connectivity index (χ4v) is 3.47. The molecule has 1 aromatic carbocycles. The molecule has 1 N–H and O–H groups in total. The summed E-state index contributed by atoms with van der Waals surface area (Å²) in [6, 6.07) is 10.3. The summed E-state index contributed by atoms with van der Waals surface area (Å²) < 4.78 is 1.93. The van der Waals surface area contributed by atoms with Crippen molar-refractivity contribution >= 4 is 17.3 Å². The highest BCUT2D eigenvalue weighted by molar-refractivity contribution is 7.09. The standard InChI is InChI=1S/C20H26N6S/c1-4-21-20(25(3)14-19-15-27-16(2)24-19)22-12-17-8-5-6-9-18(17)13-26-11-7-10-23-26/h5-11,15H,4,12-14H2,1-3H3,(H,21,22). The van der Waals surface area contributed by atoms with E-state index >= 15 is 0 Å². The van der Waals surface area contributed by atoms with Gasteiger partial charge >= 0.3 is 0 Å². The highest BCUT2D eigenvalue weighted by atomic mass is 32.1. The molecule has 3 aromatic rings. The van der Waals surface area contributed by atoms with E-state index in [1.807, 2.05) is 30.9 Å². The number of hydrogen-bond acceptors (Lipinski definition) is 4. The van der Waals surface area contributed by atoms with Gasteiger partial charge in [0.2, 0.25) is 0 Å². The molecule has 0 radical (unpaired) electrons. The van der Waals surface area contributed by atoms with E-state index in [1.54, 1.807) is 17.5 Å². The quantitative estimate of drug-likeness (QED) is 0.503. The van der Waals surface area contributed by atoms with Gasteiger partial charge in [-0.15, -0.1) is 11.3 Å². The van der Waals surface area contributed by atoms with E-state index in [9.17, 15) is 0 Å². The van der Waals surface area contributed by atoms with E-state index in [4.69, 9.17) is 4.99 Å². The smallest absolute Gasteiger partial charge is 0.194 e. The van der Waals surface area contributed by atoms with E-state index in [-0.39, 0.29) is 0 Å². The molecule has 142 valence electrons. The Morgan fingerprint density at radius 1 is 1.26 bits per heavy atom. The van der Waals surface area contributed by atoms with Crippen LogP contribution < -0.4 is 5.32 Å². The molecule has 0 aliphatic carbocycles. The van der Waals surface area contributed by atoms with Gasteiger partial charge in [0, 0.05) is 31.4 Å². The molecule has 2 heterocycles. The Morgan fingerprint density at radius 3 is 2.74 bits per heavy atom. The molecule has 0 aliphatic rings. The molecule has 2 aromatic heterocycles. The summed E-state index contributed by atoms with van der Waals surface area (Å²) in [5.74, 6) is 0.886. The predicted molar refractivity (Wildman–Crippen MR) is 111 cm³/mol. The number of nitrogens with one attached hydrogen (secondary N) is 1. The predicted octanol–water partition coefficient (Wildman–Crippen LogP) is 3.29. The average molecular weight is 383 g/mol.